The number of hydrogen-bond acceptors (Lipinski definition) is 8. The van der Waals surface area contributed by atoms with Gasteiger partial charge in [-0.15, -0.1) is 0 Å². The Hall–Kier alpha value is -6.02. The normalized spacial score (nSPS) is 10.9. The van der Waals surface area contributed by atoms with Gasteiger partial charge in [0.2, 0.25) is 0 Å². The fraction of sp³-hybridized carbons (Fsp3) is 0.261. The van der Waals surface area contributed by atoms with Crippen molar-refractivity contribution in [2.75, 3.05) is 0 Å². The van der Waals surface area contributed by atoms with Crippen LogP contribution in [0, 0.1) is 83.1 Å². The van der Waals surface area contributed by atoms with Crippen molar-refractivity contribution in [2.24, 2.45) is 0 Å². The minimum Gasteiger partial charge on any atom is -0.423 e. The molecule has 0 bridgehead atoms. The fourth-order valence-corrected chi connectivity index (χ4v) is 6.15. The second kappa shape index (κ2) is 15.5. The lowest BCUT2D eigenvalue weighted by atomic mass is 9.95. The minimum absolute atomic E-state index is 0.218. The molecule has 0 radical (unpaired) electrons. The maximum Gasteiger partial charge on any atom is 0.345 e. The van der Waals surface area contributed by atoms with E-state index in [2.05, 4.69) is 0 Å². The molecule has 0 atom stereocenters. The zero-order valence-electron chi connectivity index (χ0n) is 33.0. The highest BCUT2D eigenvalue weighted by Gasteiger charge is 2.35. The van der Waals surface area contributed by atoms with Crippen LogP contribution in [-0.2, 0) is 0 Å². The Labute approximate surface area is 317 Å². The van der Waals surface area contributed by atoms with E-state index in [9.17, 15) is 19.2 Å². The highest BCUT2D eigenvalue weighted by Crippen LogP contribution is 2.33. The number of carbonyl (C=O) groups is 4. The Morgan fingerprint density at radius 3 is 0.759 bits per heavy atom. The summed E-state index contributed by atoms with van der Waals surface area (Å²) >= 11 is 0. The van der Waals surface area contributed by atoms with Gasteiger partial charge in [0.1, 0.15) is 23.0 Å². The fourth-order valence-electron chi connectivity index (χ4n) is 6.15. The molecule has 54 heavy (non-hydrogen) atoms. The Morgan fingerprint density at radius 2 is 0.519 bits per heavy atom. The van der Waals surface area contributed by atoms with Gasteiger partial charge in [0, 0.05) is 0 Å². The molecule has 0 saturated carbocycles. The van der Waals surface area contributed by atoms with E-state index in [1.54, 1.807) is 50.2 Å². The van der Waals surface area contributed by atoms with Crippen LogP contribution in [0.2, 0.25) is 0 Å². The Bertz CT molecular complexity index is 2210. The average molecular weight is 727 g/mol. The molecule has 0 fully saturated rings. The Balaban J connectivity index is 1.75. The van der Waals surface area contributed by atoms with Gasteiger partial charge in [-0.3, -0.25) is 0 Å². The van der Waals surface area contributed by atoms with Gasteiger partial charge in [-0.05, 0) is 186 Å². The van der Waals surface area contributed by atoms with Gasteiger partial charge >= 0.3 is 23.9 Å². The van der Waals surface area contributed by atoms with Gasteiger partial charge in [-0.25, -0.2) is 19.2 Å². The number of esters is 4. The molecule has 0 aliphatic heterocycles. The van der Waals surface area contributed by atoms with E-state index in [1.165, 1.54) is 12.1 Å². The van der Waals surface area contributed by atoms with E-state index in [0.29, 0.717) is 11.1 Å². The summed E-state index contributed by atoms with van der Waals surface area (Å²) in [6.07, 6.45) is 0. The standard InChI is InChI=1S/C46H46O8/c1-23-13-19-37(31(9)27(23)5)51-43(47)35-17-18-36(44(48)52-38-20-14-24(2)28(6)32(38)10)42(46(50)54-40-22-16-26(4)30(8)34(40)12)41(35)45(49)53-39-21-15-25(3)29(7)33(39)11/h13-22H,1-12H3. The Kier molecular flexibility index (Phi) is 11.3. The van der Waals surface area contributed by atoms with Crippen molar-refractivity contribution >= 4 is 23.9 Å². The van der Waals surface area contributed by atoms with Crippen molar-refractivity contribution < 1.29 is 38.1 Å². The first-order chi connectivity index (χ1) is 25.4. The van der Waals surface area contributed by atoms with E-state index in [4.69, 9.17) is 18.9 Å². The maximum atomic E-state index is 14.5. The average Bonchev–Trinajstić information content (AvgIpc) is 3.14. The largest absolute Gasteiger partial charge is 0.423 e. The molecule has 0 amide bonds. The molecule has 0 spiro atoms. The summed E-state index contributed by atoms with van der Waals surface area (Å²) in [4.78, 5) is 57.4. The molecular weight excluding hydrogens is 680 g/mol. The zero-order chi connectivity index (χ0) is 39.8. The Morgan fingerprint density at radius 1 is 0.296 bits per heavy atom. The van der Waals surface area contributed by atoms with Crippen molar-refractivity contribution in [3.05, 3.63) is 150 Å². The summed E-state index contributed by atoms with van der Waals surface area (Å²) in [5, 5.41) is 0. The third-order valence-electron chi connectivity index (χ3n) is 10.9. The van der Waals surface area contributed by atoms with Gasteiger partial charge in [0.15, 0.2) is 0 Å². The summed E-state index contributed by atoms with van der Waals surface area (Å²) in [5.74, 6) is -3.02. The molecule has 0 aliphatic carbocycles. The quantitative estimate of drug-likeness (QED) is 0.115. The van der Waals surface area contributed by atoms with Gasteiger partial charge < -0.3 is 18.9 Å². The monoisotopic (exact) mass is 726 g/mol. The first-order valence-electron chi connectivity index (χ1n) is 17.8. The number of carbonyl (C=O) groups excluding carboxylic acids is 4. The number of hydrogen-bond donors (Lipinski definition) is 0. The van der Waals surface area contributed by atoms with Crippen molar-refractivity contribution in [1.82, 2.24) is 0 Å². The van der Waals surface area contributed by atoms with Gasteiger partial charge in [-0.2, -0.15) is 0 Å². The van der Waals surface area contributed by atoms with Crippen LogP contribution in [0.25, 0.3) is 0 Å². The van der Waals surface area contributed by atoms with Crippen LogP contribution in [0.3, 0.4) is 0 Å². The van der Waals surface area contributed by atoms with Crippen molar-refractivity contribution in [3.8, 4) is 23.0 Å². The molecular formula is C46H46O8. The summed E-state index contributed by atoms with van der Waals surface area (Å²) < 4.78 is 23.7. The van der Waals surface area contributed by atoms with Crippen LogP contribution in [-0.4, -0.2) is 23.9 Å². The smallest absolute Gasteiger partial charge is 0.345 e. The molecule has 0 saturated heterocycles. The van der Waals surface area contributed by atoms with Crippen LogP contribution in [0.4, 0.5) is 0 Å². The molecule has 0 aromatic heterocycles. The first-order valence-corrected chi connectivity index (χ1v) is 17.8. The molecule has 278 valence electrons. The van der Waals surface area contributed by atoms with Crippen LogP contribution < -0.4 is 18.9 Å². The highest BCUT2D eigenvalue weighted by molar-refractivity contribution is 6.16. The molecule has 0 heterocycles. The van der Waals surface area contributed by atoms with E-state index in [-0.39, 0.29) is 34.1 Å². The molecule has 8 nitrogen and oxygen atoms in total. The predicted molar refractivity (Wildman–Crippen MR) is 209 cm³/mol. The van der Waals surface area contributed by atoms with Crippen molar-refractivity contribution in [2.45, 2.75) is 83.1 Å². The third kappa shape index (κ3) is 7.55. The lowest BCUT2D eigenvalue weighted by Crippen LogP contribution is -2.27. The third-order valence-corrected chi connectivity index (χ3v) is 10.9. The maximum absolute atomic E-state index is 14.5. The number of rotatable bonds is 8. The summed E-state index contributed by atoms with van der Waals surface area (Å²) in [7, 11) is 0. The molecule has 5 rings (SSSR count). The van der Waals surface area contributed by atoms with Crippen LogP contribution in [0.15, 0.2) is 60.7 Å². The number of aryl methyl sites for hydroxylation is 4. The lowest BCUT2D eigenvalue weighted by Gasteiger charge is -2.19. The van der Waals surface area contributed by atoms with E-state index in [1.807, 2.05) is 81.4 Å². The zero-order valence-corrected chi connectivity index (χ0v) is 33.0. The van der Waals surface area contributed by atoms with Crippen molar-refractivity contribution in [1.29, 1.82) is 0 Å². The molecule has 0 unspecified atom stereocenters. The summed E-state index contributed by atoms with van der Waals surface area (Å²) in [6, 6.07) is 16.4. The predicted octanol–water partition coefficient (Wildman–Crippen LogP) is 10.3. The van der Waals surface area contributed by atoms with Gasteiger partial charge in [0.25, 0.3) is 0 Å². The SMILES string of the molecule is Cc1ccc(OC(=O)c2ccc(C(=O)Oc3ccc(C)c(C)c3C)c(C(=O)Oc3ccc(C)c(C)c3C)c2C(=O)Oc2ccc(C)c(C)c2C)c(C)c1C. The number of ether oxygens (including phenoxy) is 4. The highest BCUT2D eigenvalue weighted by atomic mass is 16.6. The molecule has 5 aromatic rings. The van der Waals surface area contributed by atoms with E-state index >= 15 is 0 Å². The summed E-state index contributed by atoms with van der Waals surface area (Å²) in [6.45, 7) is 22.7. The first kappa shape index (κ1) is 39.2. The minimum atomic E-state index is -1.06. The second-order valence-electron chi connectivity index (χ2n) is 14.0. The molecule has 5 aromatic carbocycles. The molecule has 8 heteroatoms. The van der Waals surface area contributed by atoms with E-state index in [0.717, 1.165) is 55.6 Å². The van der Waals surface area contributed by atoms with Gasteiger partial charge in [0.05, 0.1) is 22.3 Å². The number of benzene rings is 5. The van der Waals surface area contributed by atoms with Crippen molar-refractivity contribution in [3.63, 3.8) is 0 Å². The second-order valence-corrected chi connectivity index (χ2v) is 14.0. The summed E-state index contributed by atoms with van der Waals surface area (Å²) in [5.41, 5.74) is 8.87. The molecule has 0 aliphatic rings. The topological polar surface area (TPSA) is 105 Å². The molecule has 0 N–H and O–H groups in total. The van der Waals surface area contributed by atoms with Crippen LogP contribution in [0.1, 0.15) is 108 Å². The van der Waals surface area contributed by atoms with Crippen LogP contribution in [0.5, 0.6) is 23.0 Å². The lowest BCUT2D eigenvalue weighted by molar-refractivity contribution is 0.0660. The van der Waals surface area contributed by atoms with E-state index < -0.39 is 35.0 Å². The van der Waals surface area contributed by atoms with Gasteiger partial charge in [-0.1, -0.05) is 24.3 Å². The van der Waals surface area contributed by atoms with Crippen LogP contribution >= 0.6 is 0 Å².